The first kappa shape index (κ1) is 31.6. The smallest absolute Gasteiger partial charge is 0.474 e. The van der Waals surface area contributed by atoms with E-state index in [1.807, 2.05) is 0 Å². The highest BCUT2D eigenvalue weighted by Crippen LogP contribution is 2.37. The second kappa shape index (κ2) is 13.3. The Kier molecular flexibility index (Phi) is 9.98. The van der Waals surface area contributed by atoms with Crippen molar-refractivity contribution in [2.75, 3.05) is 13.2 Å². The van der Waals surface area contributed by atoms with Gasteiger partial charge in [0.05, 0.1) is 18.2 Å². The Hall–Kier alpha value is -3.38. The van der Waals surface area contributed by atoms with Crippen molar-refractivity contribution in [3.05, 3.63) is 47.1 Å². The molecule has 1 aromatic heterocycles. The number of hydrogen-bond donors (Lipinski definition) is 2. The number of carbonyl (C=O) groups excluding carboxylic acids is 2. The molecule has 2 aliphatic rings. The quantitative estimate of drug-likeness (QED) is 0.327. The zero-order valence-corrected chi connectivity index (χ0v) is 24.1. The third-order valence-corrected chi connectivity index (χ3v) is 7.74. The molecule has 2 N–H and O–H groups in total. The molecule has 1 aromatic carbocycles. The predicted molar refractivity (Wildman–Crippen MR) is 150 cm³/mol. The summed E-state index contributed by atoms with van der Waals surface area (Å²) in [7, 11) is 0. The zero-order chi connectivity index (χ0) is 30.5. The summed E-state index contributed by atoms with van der Waals surface area (Å²) in [4.78, 5) is 36.3. The first-order chi connectivity index (χ1) is 19.9. The molecule has 0 radical (unpaired) electrons. The van der Waals surface area contributed by atoms with Gasteiger partial charge in [-0.1, -0.05) is 18.0 Å². The van der Waals surface area contributed by atoms with E-state index in [2.05, 4.69) is 20.0 Å². The SMILES string of the molecule is CC(C)(Oc1ccc(Cl)cc1OC(F)(F)F)C(=O)NC(CC=Nc1ccc(C(=O)N2CCCC2CO)cn1)C1CCC1. The predicted octanol–water partition coefficient (Wildman–Crippen LogP) is 5.47. The van der Waals surface area contributed by atoms with Crippen LogP contribution in [-0.2, 0) is 4.79 Å². The summed E-state index contributed by atoms with van der Waals surface area (Å²) in [6, 6.07) is 6.36. The average molecular weight is 611 g/mol. The van der Waals surface area contributed by atoms with Gasteiger partial charge in [-0.2, -0.15) is 0 Å². The number of halogens is 4. The van der Waals surface area contributed by atoms with Gasteiger partial charge in [-0.05, 0) is 69.7 Å². The second-order valence-corrected chi connectivity index (χ2v) is 11.4. The molecule has 42 heavy (non-hydrogen) atoms. The number of benzene rings is 1. The molecule has 4 rings (SSSR count). The maximum Gasteiger partial charge on any atom is 0.573 e. The third kappa shape index (κ3) is 8.13. The van der Waals surface area contributed by atoms with Crippen LogP contribution in [0.15, 0.2) is 41.5 Å². The molecule has 1 aliphatic heterocycles. The van der Waals surface area contributed by atoms with Gasteiger partial charge in [0.1, 0.15) is 0 Å². The van der Waals surface area contributed by atoms with Gasteiger partial charge in [0.2, 0.25) is 0 Å². The second-order valence-electron chi connectivity index (χ2n) is 11.0. The number of ether oxygens (including phenoxy) is 2. The Morgan fingerprint density at radius 1 is 1.17 bits per heavy atom. The Bertz CT molecular complexity index is 1290. The van der Waals surface area contributed by atoms with Gasteiger partial charge in [-0.25, -0.2) is 9.98 Å². The topological polar surface area (TPSA) is 113 Å². The molecule has 13 heteroatoms. The lowest BCUT2D eigenvalue weighted by atomic mass is 9.78. The molecule has 0 spiro atoms. The summed E-state index contributed by atoms with van der Waals surface area (Å²) in [5, 5.41) is 12.5. The fourth-order valence-corrected chi connectivity index (χ4v) is 5.12. The minimum atomic E-state index is -4.97. The van der Waals surface area contributed by atoms with Crippen LogP contribution >= 0.6 is 11.6 Å². The van der Waals surface area contributed by atoms with Crippen molar-refractivity contribution < 1.29 is 37.3 Å². The highest BCUT2D eigenvalue weighted by Gasteiger charge is 2.37. The number of hydrogen-bond acceptors (Lipinski definition) is 7. The molecule has 1 saturated heterocycles. The Morgan fingerprint density at radius 3 is 2.55 bits per heavy atom. The van der Waals surface area contributed by atoms with E-state index in [0.717, 1.165) is 38.2 Å². The van der Waals surface area contributed by atoms with Crippen LogP contribution in [-0.4, -0.2) is 70.2 Å². The summed E-state index contributed by atoms with van der Waals surface area (Å²) >= 11 is 5.83. The number of nitrogens with one attached hydrogen (secondary N) is 1. The molecule has 1 saturated carbocycles. The van der Waals surface area contributed by atoms with Crippen molar-refractivity contribution >= 4 is 35.4 Å². The van der Waals surface area contributed by atoms with E-state index >= 15 is 0 Å². The summed E-state index contributed by atoms with van der Waals surface area (Å²) in [5.41, 5.74) is -1.12. The fourth-order valence-electron chi connectivity index (χ4n) is 4.95. The van der Waals surface area contributed by atoms with Crippen LogP contribution in [0.2, 0.25) is 5.02 Å². The van der Waals surface area contributed by atoms with Gasteiger partial charge in [-0.3, -0.25) is 9.59 Å². The number of aromatic nitrogens is 1. The summed E-state index contributed by atoms with van der Waals surface area (Å²) in [6.07, 6.45) is 3.02. The van der Waals surface area contributed by atoms with Gasteiger partial charge >= 0.3 is 6.36 Å². The van der Waals surface area contributed by atoms with Crippen molar-refractivity contribution in [3.63, 3.8) is 0 Å². The summed E-state index contributed by atoms with van der Waals surface area (Å²) in [6.45, 7) is 3.44. The normalized spacial score (nSPS) is 18.5. The molecule has 2 aromatic rings. The summed E-state index contributed by atoms with van der Waals surface area (Å²) < 4.78 is 48.4. The van der Waals surface area contributed by atoms with Gasteiger partial charge in [0.25, 0.3) is 11.8 Å². The molecular formula is C29H34ClF3N4O5. The van der Waals surface area contributed by atoms with Crippen LogP contribution in [0.5, 0.6) is 11.5 Å². The number of rotatable bonds is 11. The van der Waals surface area contributed by atoms with E-state index in [9.17, 15) is 27.9 Å². The number of aliphatic imine (C=N–C) groups is 1. The van der Waals surface area contributed by atoms with Gasteiger partial charge < -0.3 is 24.8 Å². The van der Waals surface area contributed by atoms with Gasteiger partial charge in [-0.15, -0.1) is 13.2 Å². The molecule has 2 atom stereocenters. The fraction of sp³-hybridized carbons (Fsp3) is 0.517. The van der Waals surface area contributed by atoms with Gasteiger partial charge in [0.15, 0.2) is 22.9 Å². The minimum absolute atomic E-state index is 0.0193. The largest absolute Gasteiger partial charge is 0.573 e. The van der Waals surface area contributed by atoms with E-state index in [0.29, 0.717) is 24.3 Å². The molecule has 2 heterocycles. The highest BCUT2D eigenvalue weighted by atomic mass is 35.5. The van der Waals surface area contributed by atoms with Crippen molar-refractivity contribution in [2.45, 2.75) is 76.4 Å². The standard InChI is InChI=1S/C29H34ClF3N4O5/c1-28(2,41-23-10-9-20(30)15-24(23)42-29(31,32)33)27(40)36-22(18-5-3-6-18)12-13-34-25-11-8-19(16-35-25)26(39)37-14-4-7-21(37)17-38/h8-11,13,15-16,18,21-22,38H,3-7,12,14,17H2,1-2H3,(H,36,40). The molecule has 2 fully saturated rings. The van der Waals surface area contributed by atoms with Crippen molar-refractivity contribution in [2.24, 2.45) is 10.9 Å². The van der Waals surface area contributed by atoms with Crippen LogP contribution in [0.4, 0.5) is 19.0 Å². The maximum absolute atomic E-state index is 13.2. The van der Waals surface area contributed by atoms with E-state index in [1.54, 1.807) is 23.2 Å². The number of alkyl halides is 3. The number of aliphatic hydroxyl groups is 1. The third-order valence-electron chi connectivity index (χ3n) is 7.51. The first-order valence-electron chi connectivity index (χ1n) is 13.8. The van der Waals surface area contributed by atoms with E-state index in [4.69, 9.17) is 16.3 Å². The Labute approximate surface area is 247 Å². The molecule has 1 aliphatic carbocycles. The van der Waals surface area contributed by atoms with E-state index in [1.165, 1.54) is 32.2 Å². The number of aliphatic hydroxyl groups excluding tert-OH is 1. The van der Waals surface area contributed by atoms with E-state index in [-0.39, 0.29) is 41.3 Å². The van der Waals surface area contributed by atoms with Gasteiger partial charge in [0, 0.05) is 42.5 Å². The number of nitrogens with zero attached hydrogens (tertiary/aromatic N) is 3. The van der Waals surface area contributed by atoms with Crippen LogP contribution < -0.4 is 14.8 Å². The molecule has 9 nitrogen and oxygen atoms in total. The molecular weight excluding hydrogens is 577 g/mol. The average Bonchev–Trinajstić information content (AvgIpc) is 3.37. The number of carbonyl (C=O) groups is 2. The van der Waals surface area contributed by atoms with Crippen LogP contribution in [0.1, 0.15) is 62.7 Å². The summed E-state index contributed by atoms with van der Waals surface area (Å²) in [5.74, 6) is -0.999. The van der Waals surface area contributed by atoms with Crippen LogP contribution in [0.3, 0.4) is 0 Å². The lowest BCUT2D eigenvalue weighted by Gasteiger charge is -2.36. The Balaban J connectivity index is 1.38. The van der Waals surface area contributed by atoms with Crippen molar-refractivity contribution in [3.8, 4) is 11.5 Å². The lowest BCUT2D eigenvalue weighted by molar-refractivity contribution is -0.275. The zero-order valence-electron chi connectivity index (χ0n) is 23.4. The number of amides is 2. The van der Waals surface area contributed by atoms with Crippen molar-refractivity contribution in [1.82, 2.24) is 15.2 Å². The molecule has 2 unspecified atom stereocenters. The first-order valence-corrected chi connectivity index (χ1v) is 14.2. The maximum atomic E-state index is 13.2. The minimum Gasteiger partial charge on any atom is -0.474 e. The molecule has 2 amide bonds. The number of pyridine rings is 1. The molecule has 0 bridgehead atoms. The number of likely N-dealkylation sites (tertiary alicyclic amines) is 1. The lowest BCUT2D eigenvalue weighted by Crippen LogP contribution is -2.53. The van der Waals surface area contributed by atoms with Crippen molar-refractivity contribution in [1.29, 1.82) is 0 Å². The van der Waals surface area contributed by atoms with Crippen LogP contribution in [0, 0.1) is 5.92 Å². The van der Waals surface area contributed by atoms with E-state index < -0.39 is 23.6 Å². The Morgan fingerprint density at radius 2 is 1.93 bits per heavy atom. The highest BCUT2D eigenvalue weighted by molar-refractivity contribution is 6.30. The monoisotopic (exact) mass is 610 g/mol. The van der Waals surface area contributed by atoms with Crippen LogP contribution in [0.25, 0.3) is 0 Å². The molecule has 228 valence electrons.